The lowest BCUT2D eigenvalue weighted by Gasteiger charge is -2.09. The Morgan fingerprint density at radius 3 is 1.43 bits per heavy atom. The molecular weight excluding hydrogens is 863 g/mol. The lowest BCUT2D eigenvalue weighted by Crippen LogP contribution is -2.09. The summed E-state index contributed by atoms with van der Waals surface area (Å²) in [7, 11) is 0. The lowest BCUT2D eigenvalue weighted by molar-refractivity contribution is -0.134. The molecule has 8 rings (SSSR count). The molecule has 0 amide bonds. The van der Waals surface area contributed by atoms with Crippen LogP contribution >= 0.6 is 0 Å². The highest BCUT2D eigenvalue weighted by atomic mass is 32.2. The zero-order chi connectivity index (χ0) is 45.9. The number of benzene rings is 6. The van der Waals surface area contributed by atoms with E-state index in [0.717, 1.165) is 50.1 Å². The largest absolute Gasteiger partial charge is 0.612 e. The van der Waals surface area contributed by atoms with Crippen LogP contribution in [0.1, 0.15) is 71.2 Å². The van der Waals surface area contributed by atoms with E-state index in [4.69, 9.17) is 9.47 Å². The van der Waals surface area contributed by atoms with E-state index in [-0.39, 0.29) is 24.3 Å². The van der Waals surface area contributed by atoms with E-state index in [1.807, 2.05) is 62.4 Å². The van der Waals surface area contributed by atoms with E-state index in [9.17, 15) is 32.6 Å². The Labute approximate surface area is 382 Å². The molecule has 0 radical (unpaired) electrons. The first-order valence-corrected chi connectivity index (χ1v) is 23.7. The number of carbonyl (C=O) groups excluding carboxylic acids is 2. The van der Waals surface area contributed by atoms with Crippen LogP contribution in [-0.2, 0) is 31.9 Å². The van der Waals surface area contributed by atoms with Crippen LogP contribution in [0.25, 0.3) is 46.6 Å². The Kier molecular flexibility index (Phi) is 13.2. The van der Waals surface area contributed by atoms with Crippen LogP contribution in [0.3, 0.4) is 0 Å². The predicted octanol–water partition coefficient (Wildman–Crippen LogP) is 12.0. The molecule has 0 bridgehead atoms. The smallest absolute Gasteiger partial charge is 0.315 e. The Morgan fingerprint density at radius 2 is 0.969 bits per heavy atom. The fourth-order valence-corrected chi connectivity index (χ4v) is 9.07. The maximum absolute atomic E-state index is 14.5. The molecule has 11 heteroatoms. The Bertz CT molecular complexity index is 3000. The van der Waals surface area contributed by atoms with Gasteiger partial charge in [-0.1, -0.05) is 36.4 Å². The molecule has 326 valence electrons. The molecule has 0 spiro atoms. The number of aromatic hydroxyl groups is 1. The minimum Gasteiger partial charge on any atom is -0.612 e. The van der Waals surface area contributed by atoms with E-state index in [1.54, 1.807) is 79.3 Å². The number of phenols is 1. The molecule has 2 unspecified atom stereocenters. The van der Waals surface area contributed by atoms with Crippen LogP contribution in [0.4, 0.5) is 8.78 Å². The highest BCUT2D eigenvalue weighted by molar-refractivity contribution is 7.91. The van der Waals surface area contributed by atoms with Gasteiger partial charge in [-0.25, -0.2) is 8.78 Å². The molecule has 2 aliphatic carbocycles. The van der Waals surface area contributed by atoms with Gasteiger partial charge in [0, 0.05) is 6.07 Å². The summed E-state index contributed by atoms with van der Waals surface area (Å²) in [4.78, 5) is 28.1. The van der Waals surface area contributed by atoms with Crippen molar-refractivity contribution >= 4 is 80.9 Å². The zero-order valence-corrected chi connectivity index (χ0v) is 37.5. The van der Waals surface area contributed by atoms with Crippen LogP contribution in [0.2, 0.25) is 0 Å². The SMILES string of the molecule is CC1=C(CC(=O)Oc2ccc(/C=C/c3cc(O)cc(OC(=O)CC4=C(C)/C(=C/c5ccc([S+](C)[O-])cc5)c5ccc(F)cc54)c3)cc2)c2cc(F)ccc2/C1=C\c1ccc([S+](C)[O-])cc1. The van der Waals surface area contributed by atoms with E-state index in [2.05, 4.69) is 0 Å². The third kappa shape index (κ3) is 10.3. The zero-order valence-electron chi connectivity index (χ0n) is 35.8. The van der Waals surface area contributed by atoms with Crippen LogP contribution in [-0.4, -0.2) is 38.7 Å². The normalized spacial score (nSPS) is 15.4. The van der Waals surface area contributed by atoms with Gasteiger partial charge in [-0.15, -0.1) is 0 Å². The van der Waals surface area contributed by atoms with Gasteiger partial charge < -0.3 is 23.7 Å². The summed E-state index contributed by atoms with van der Waals surface area (Å²) >= 11 is -2.22. The second-order valence-electron chi connectivity index (χ2n) is 15.7. The van der Waals surface area contributed by atoms with Crippen LogP contribution in [0.5, 0.6) is 17.2 Å². The van der Waals surface area contributed by atoms with Gasteiger partial charge in [-0.2, -0.15) is 0 Å². The number of esters is 2. The second kappa shape index (κ2) is 19.1. The molecule has 0 aromatic heterocycles. The van der Waals surface area contributed by atoms with Gasteiger partial charge in [0.25, 0.3) is 0 Å². The summed E-state index contributed by atoms with van der Waals surface area (Å²) in [5.41, 5.74) is 10.5. The molecule has 0 saturated heterocycles. The first-order valence-electron chi connectivity index (χ1n) is 20.5. The number of ether oxygens (including phenoxy) is 2. The molecule has 2 aliphatic rings. The lowest BCUT2D eigenvalue weighted by atomic mass is 10.0. The predicted molar refractivity (Wildman–Crippen MR) is 255 cm³/mol. The van der Waals surface area contributed by atoms with E-state index in [0.29, 0.717) is 43.4 Å². The van der Waals surface area contributed by atoms with E-state index < -0.39 is 45.9 Å². The second-order valence-corrected chi connectivity index (χ2v) is 18.5. The number of hydrogen-bond donors (Lipinski definition) is 1. The van der Waals surface area contributed by atoms with Crippen molar-refractivity contribution in [2.24, 2.45) is 0 Å². The van der Waals surface area contributed by atoms with Gasteiger partial charge in [0.05, 0.1) is 12.8 Å². The summed E-state index contributed by atoms with van der Waals surface area (Å²) in [5.74, 6) is -1.62. The Balaban J connectivity index is 0.921. The third-order valence-electron chi connectivity index (χ3n) is 11.3. The average molecular weight is 905 g/mol. The van der Waals surface area contributed by atoms with Gasteiger partial charge in [0.15, 0.2) is 9.79 Å². The molecule has 6 aromatic carbocycles. The van der Waals surface area contributed by atoms with Crippen molar-refractivity contribution in [3.05, 3.63) is 195 Å². The quantitative estimate of drug-likeness (QED) is 0.0562. The van der Waals surface area contributed by atoms with Crippen molar-refractivity contribution in [1.82, 2.24) is 0 Å². The highest BCUT2D eigenvalue weighted by Gasteiger charge is 2.28. The van der Waals surface area contributed by atoms with Gasteiger partial charge >= 0.3 is 11.9 Å². The minimum absolute atomic E-state index is 0.0831. The summed E-state index contributed by atoms with van der Waals surface area (Å²) in [6.45, 7) is 3.78. The maximum atomic E-state index is 14.5. The van der Waals surface area contributed by atoms with Crippen molar-refractivity contribution in [3.8, 4) is 17.2 Å². The van der Waals surface area contributed by atoms with Gasteiger partial charge in [0.1, 0.15) is 41.4 Å². The Morgan fingerprint density at radius 1 is 0.538 bits per heavy atom. The van der Waals surface area contributed by atoms with Crippen molar-refractivity contribution in [2.45, 2.75) is 36.5 Å². The number of rotatable bonds is 12. The third-order valence-corrected chi connectivity index (χ3v) is 13.2. The molecule has 2 atom stereocenters. The summed E-state index contributed by atoms with van der Waals surface area (Å²) in [6.07, 6.45) is 10.5. The van der Waals surface area contributed by atoms with E-state index in [1.165, 1.54) is 36.4 Å². The minimum atomic E-state index is -1.11. The number of fused-ring (bicyclic) bond motifs is 2. The molecule has 1 N–H and O–H groups in total. The molecule has 0 fully saturated rings. The average Bonchev–Trinajstić information content (AvgIpc) is 3.66. The number of hydrogen-bond acceptors (Lipinski definition) is 7. The number of phenolic OH excluding ortho intramolecular Hbond substituents is 1. The number of halogens is 2. The van der Waals surface area contributed by atoms with Gasteiger partial charge in [-0.05, 0) is 223 Å². The fourth-order valence-electron chi connectivity index (χ4n) is 8.03. The molecule has 6 aromatic rings. The fraction of sp³-hybridized carbons (Fsp3) is 0.111. The first kappa shape index (κ1) is 44.8. The van der Waals surface area contributed by atoms with Crippen LogP contribution in [0.15, 0.2) is 148 Å². The first-order chi connectivity index (χ1) is 31.2. The molecule has 0 aliphatic heterocycles. The molecular formula is C54H42F2O7S2. The summed E-state index contributed by atoms with van der Waals surface area (Å²) in [6, 6.07) is 35.0. The van der Waals surface area contributed by atoms with E-state index >= 15 is 0 Å². The molecule has 65 heavy (non-hydrogen) atoms. The number of allylic oxidation sites excluding steroid dienone is 4. The topological polar surface area (TPSA) is 119 Å². The molecule has 0 saturated carbocycles. The highest BCUT2D eigenvalue weighted by Crippen LogP contribution is 2.45. The maximum Gasteiger partial charge on any atom is 0.315 e. The summed E-state index contributed by atoms with van der Waals surface area (Å²) < 4.78 is 64.2. The van der Waals surface area contributed by atoms with Crippen molar-refractivity contribution in [3.63, 3.8) is 0 Å². The van der Waals surface area contributed by atoms with Crippen LogP contribution in [0, 0.1) is 11.6 Å². The van der Waals surface area contributed by atoms with Crippen molar-refractivity contribution in [2.75, 3.05) is 12.5 Å². The Hall–Kier alpha value is -6.76. The standard InChI is InChI=1S/C54H42F2O7S2/c1-32-47(25-35-9-17-43(18-10-35)64(3)60)45-21-13-38(55)27-51(45)49(32)30-53(58)62-41-15-7-34(8-16-41)5-6-37-23-40(57)29-42(24-37)63-54(59)31-50-33(2)48(46-22-14-39(56)28-52(46)50)26-36-11-19-44(20-12-36)65(4)61/h5-29,57H,30-31H2,1-4H3/b6-5+,47-25-,48-26-. The van der Waals surface area contributed by atoms with Crippen LogP contribution < -0.4 is 9.47 Å². The molecule has 0 heterocycles. The summed E-state index contributed by atoms with van der Waals surface area (Å²) in [5, 5.41) is 10.5. The monoisotopic (exact) mass is 904 g/mol. The molecule has 7 nitrogen and oxygen atoms in total. The van der Waals surface area contributed by atoms with Gasteiger partial charge in [-0.3, -0.25) is 9.59 Å². The van der Waals surface area contributed by atoms with Gasteiger partial charge in [0.2, 0.25) is 0 Å². The number of carbonyl (C=O) groups is 2. The van der Waals surface area contributed by atoms with Crippen molar-refractivity contribution in [1.29, 1.82) is 0 Å². The van der Waals surface area contributed by atoms with Crippen molar-refractivity contribution < 1.29 is 42.1 Å².